The van der Waals surface area contributed by atoms with Crippen molar-refractivity contribution in [2.75, 3.05) is 119 Å². The van der Waals surface area contributed by atoms with Crippen molar-refractivity contribution >= 4 is 0 Å². The molecule has 4 aliphatic heterocycles. The molecule has 0 amide bonds. The van der Waals surface area contributed by atoms with Crippen LogP contribution in [0.4, 0.5) is 0 Å². The highest BCUT2D eigenvalue weighted by molar-refractivity contribution is 4.84. The second kappa shape index (κ2) is 12.7. The van der Waals surface area contributed by atoms with Crippen LogP contribution in [0.15, 0.2) is 0 Å². The van der Waals surface area contributed by atoms with Gasteiger partial charge in [-0.25, -0.2) is 0 Å². The predicted molar refractivity (Wildman–Crippen MR) is 110 cm³/mol. The van der Waals surface area contributed by atoms with E-state index in [-0.39, 0.29) is 12.2 Å². The molecule has 0 aromatic heterocycles. The highest BCUT2D eigenvalue weighted by Crippen LogP contribution is 2.28. The van der Waals surface area contributed by atoms with Crippen LogP contribution in [0.5, 0.6) is 0 Å². The summed E-state index contributed by atoms with van der Waals surface area (Å²) in [5.74, 6) is -0.842. The minimum atomic E-state index is -0.842. The molecule has 0 aliphatic carbocycles. The van der Waals surface area contributed by atoms with Gasteiger partial charge >= 0.3 is 0 Å². The maximum atomic E-state index is 6.45. The standard InChI is InChI=1S/C21H38N2O8/c1-5-24-9-10-26-7-3-23-4-8-27-12-11-25-6-2-22(1)13-19-15-28-17-21(30-19)18-29-16-20(14-23)31-21/h19-20H,1-18H2. The molecule has 4 aliphatic rings. The molecule has 180 valence electrons. The quantitative estimate of drug-likeness (QED) is 0.472. The minimum Gasteiger partial charge on any atom is -0.378 e. The van der Waals surface area contributed by atoms with Crippen LogP contribution in [0.25, 0.3) is 0 Å². The van der Waals surface area contributed by atoms with E-state index in [4.69, 9.17) is 37.9 Å². The molecule has 4 saturated heterocycles. The highest BCUT2D eigenvalue weighted by atomic mass is 16.8. The molecule has 10 nitrogen and oxygen atoms in total. The summed E-state index contributed by atoms with van der Waals surface area (Å²) >= 11 is 0. The van der Waals surface area contributed by atoms with Crippen molar-refractivity contribution in [1.82, 2.24) is 9.80 Å². The Morgan fingerprint density at radius 2 is 0.871 bits per heavy atom. The Balaban J connectivity index is 1.50. The number of hydrogen-bond acceptors (Lipinski definition) is 10. The Bertz CT molecular complexity index is 450. The first-order valence-corrected chi connectivity index (χ1v) is 11.6. The van der Waals surface area contributed by atoms with Gasteiger partial charge < -0.3 is 37.9 Å². The van der Waals surface area contributed by atoms with Crippen LogP contribution in [0.2, 0.25) is 0 Å². The fraction of sp³-hybridized carbons (Fsp3) is 1.00. The third-order valence-electron chi connectivity index (χ3n) is 5.89. The van der Waals surface area contributed by atoms with E-state index >= 15 is 0 Å². The zero-order chi connectivity index (χ0) is 21.2. The maximum absolute atomic E-state index is 6.45. The average molecular weight is 447 g/mol. The Hall–Kier alpha value is -0.400. The Labute approximate surface area is 184 Å². The van der Waals surface area contributed by atoms with Gasteiger partial charge in [0.15, 0.2) is 0 Å². The lowest BCUT2D eigenvalue weighted by molar-refractivity contribution is -0.371. The molecule has 0 N–H and O–H groups in total. The van der Waals surface area contributed by atoms with Crippen molar-refractivity contribution in [2.45, 2.75) is 18.0 Å². The van der Waals surface area contributed by atoms with E-state index in [0.29, 0.717) is 79.3 Å². The molecule has 1 spiro atoms. The molecule has 4 fully saturated rings. The lowest BCUT2D eigenvalue weighted by Gasteiger charge is -2.46. The van der Waals surface area contributed by atoms with Crippen LogP contribution in [-0.4, -0.2) is 146 Å². The highest BCUT2D eigenvalue weighted by Gasteiger charge is 2.45. The number of nitrogens with zero attached hydrogens (tertiary/aromatic N) is 2. The number of fused-ring (bicyclic) bond motifs is 2. The van der Waals surface area contributed by atoms with Gasteiger partial charge in [-0.05, 0) is 0 Å². The SMILES string of the molecule is C1COCCN2CCOCCOCCN(CCO1)CC1COCC3(COCC(C2)O3)O1. The normalized spacial score (nSPS) is 40.3. The molecular formula is C21H38N2O8. The molecule has 2 atom stereocenters. The van der Waals surface area contributed by atoms with E-state index in [2.05, 4.69) is 9.80 Å². The molecule has 0 saturated carbocycles. The fourth-order valence-corrected chi connectivity index (χ4v) is 4.34. The van der Waals surface area contributed by atoms with Gasteiger partial charge in [-0.2, -0.15) is 0 Å². The lowest BCUT2D eigenvalue weighted by atomic mass is 10.2. The zero-order valence-corrected chi connectivity index (χ0v) is 18.5. The van der Waals surface area contributed by atoms with Gasteiger partial charge in [0.2, 0.25) is 5.79 Å². The van der Waals surface area contributed by atoms with Gasteiger partial charge in [0, 0.05) is 39.3 Å². The second-order valence-corrected chi connectivity index (χ2v) is 8.47. The van der Waals surface area contributed by atoms with Crippen LogP contribution < -0.4 is 0 Å². The van der Waals surface area contributed by atoms with Gasteiger partial charge in [-0.3, -0.25) is 9.80 Å². The van der Waals surface area contributed by atoms with Crippen molar-refractivity contribution in [3.05, 3.63) is 0 Å². The van der Waals surface area contributed by atoms with Gasteiger partial charge in [-0.1, -0.05) is 0 Å². The molecular weight excluding hydrogens is 408 g/mol. The number of ether oxygens (including phenoxy) is 8. The molecule has 4 rings (SSSR count). The Kier molecular flexibility index (Phi) is 9.76. The van der Waals surface area contributed by atoms with Crippen molar-refractivity contribution < 1.29 is 37.9 Å². The van der Waals surface area contributed by atoms with Gasteiger partial charge in [0.05, 0.1) is 78.3 Å². The molecule has 0 aromatic rings. The summed E-state index contributed by atoms with van der Waals surface area (Å²) in [7, 11) is 0. The van der Waals surface area contributed by atoms with Crippen molar-refractivity contribution in [2.24, 2.45) is 0 Å². The molecule has 31 heavy (non-hydrogen) atoms. The summed E-state index contributed by atoms with van der Waals surface area (Å²) in [4.78, 5) is 4.60. The van der Waals surface area contributed by atoms with Gasteiger partial charge in [0.1, 0.15) is 13.2 Å². The Morgan fingerprint density at radius 1 is 0.484 bits per heavy atom. The number of hydrogen-bond donors (Lipinski definition) is 0. The minimum absolute atomic E-state index is 0.0924. The third kappa shape index (κ3) is 7.85. The summed E-state index contributed by atoms with van der Waals surface area (Å²) in [5, 5.41) is 0. The van der Waals surface area contributed by atoms with Crippen LogP contribution in [-0.2, 0) is 37.9 Å². The van der Waals surface area contributed by atoms with Crippen LogP contribution >= 0.6 is 0 Å². The van der Waals surface area contributed by atoms with E-state index in [1.54, 1.807) is 0 Å². The smallest absolute Gasteiger partial charge is 0.216 e. The van der Waals surface area contributed by atoms with Gasteiger partial charge in [-0.15, -0.1) is 0 Å². The topological polar surface area (TPSA) is 80.3 Å². The predicted octanol–water partition coefficient (Wildman–Crippen LogP) is -0.789. The first-order valence-electron chi connectivity index (χ1n) is 11.6. The maximum Gasteiger partial charge on any atom is 0.216 e. The van der Waals surface area contributed by atoms with Crippen LogP contribution in [0, 0.1) is 0 Å². The average Bonchev–Trinajstić information content (AvgIpc) is 2.76. The van der Waals surface area contributed by atoms with E-state index in [1.165, 1.54) is 0 Å². The van der Waals surface area contributed by atoms with Gasteiger partial charge in [0.25, 0.3) is 0 Å². The largest absolute Gasteiger partial charge is 0.378 e. The molecule has 0 aromatic carbocycles. The third-order valence-corrected chi connectivity index (χ3v) is 5.89. The first-order chi connectivity index (χ1) is 15.3. The fourth-order valence-electron chi connectivity index (χ4n) is 4.34. The summed E-state index contributed by atoms with van der Waals surface area (Å²) in [6.45, 7) is 11.4. The number of rotatable bonds is 0. The lowest BCUT2D eigenvalue weighted by Crippen LogP contribution is -2.60. The van der Waals surface area contributed by atoms with Crippen molar-refractivity contribution in [3.63, 3.8) is 0 Å². The van der Waals surface area contributed by atoms with E-state index in [1.807, 2.05) is 0 Å². The molecule has 2 unspecified atom stereocenters. The van der Waals surface area contributed by atoms with E-state index < -0.39 is 5.79 Å². The van der Waals surface area contributed by atoms with E-state index in [9.17, 15) is 0 Å². The van der Waals surface area contributed by atoms with Crippen molar-refractivity contribution in [1.29, 1.82) is 0 Å². The molecule has 4 heterocycles. The summed E-state index contributed by atoms with van der Waals surface area (Å²) in [6, 6.07) is 0. The Morgan fingerprint density at radius 3 is 1.26 bits per heavy atom. The monoisotopic (exact) mass is 446 g/mol. The molecule has 10 heteroatoms. The van der Waals surface area contributed by atoms with E-state index in [0.717, 1.165) is 39.3 Å². The zero-order valence-electron chi connectivity index (χ0n) is 18.5. The van der Waals surface area contributed by atoms with Crippen molar-refractivity contribution in [3.8, 4) is 0 Å². The molecule has 0 radical (unpaired) electrons. The summed E-state index contributed by atoms with van der Waals surface area (Å²) < 4.78 is 47.9. The second-order valence-electron chi connectivity index (χ2n) is 8.47. The van der Waals surface area contributed by atoms with Crippen LogP contribution in [0.3, 0.4) is 0 Å². The summed E-state index contributed by atoms with van der Waals surface area (Å²) in [6.07, 6.45) is -0.185. The van der Waals surface area contributed by atoms with Crippen LogP contribution in [0.1, 0.15) is 0 Å². The first kappa shape index (κ1) is 23.7. The molecule has 5 bridgehead atoms. The summed E-state index contributed by atoms with van der Waals surface area (Å²) in [5.41, 5.74) is 0.